The minimum atomic E-state index is 0.226. The van der Waals surface area contributed by atoms with Crippen LogP contribution in [0.1, 0.15) is 44.4 Å². The second-order valence-electron chi connectivity index (χ2n) is 6.38. The van der Waals surface area contributed by atoms with Crippen LogP contribution in [0.15, 0.2) is 36.8 Å². The molecule has 1 N–H and O–H groups in total. The van der Waals surface area contributed by atoms with Crippen molar-refractivity contribution >= 4 is 0 Å². The van der Waals surface area contributed by atoms with E-state index in [0.29, 0.717) is 0 Å². The number of aromatic nitrogens is 2. The number of rotatable bonds is 4. The number of nitrogens with one attached hydrogen (secondary N) is 1. The summed E-state index contributed by atoms with van der Waals surface area (Å²) in [6.07, 6.45) is 8.70. The Bertz CT molecular complexity index is 577. The lowest BCUT2D eigenvalue weighted by Gasteiger charge is -2.34. The number of hydrogen-bond donors (Lipinski definition) is 1. The Morgan fingerprint density at radius 1 is 1.19 bits per heavy atom. The molecule has 0 atom stereocenters. The molecule has 1 aromatic carbocycles. The van der Waals surface area contributed by atoms with Gasteiger partial charge >= 0.3 is 0 Å². The van der Waals surface area contributed by atoms with E-state index in [9.17, 15) is 0 Å². The molecule has 1 aliphatic heterocycles. The molecule has 3 rings (SSSR count). The summed E-state index contributed by atoms with van der Waals surface area (Å²) in [7, 11) is 0. The molecule has 0 spiro atoms. The summed E-state index contributed by atoms with van der Waals surface area (Å²) in [6.45, 7) is 6.78. The highest BCUT2D eigenvalue weighted by Crippen LogP contribution is 2.33. The second-order valence-corrected chi connectivity index (χ2v) is 6.38. The first-order valence-electron chi connectivity index (χ1n) is 8.06. The standard InChI is InChI=1S/C18H25N3/c1-3-4-15-5-7-16(8-6-15)21-14-20-13-17(21)18(2)9-11-19-12-10-18/h5-8,13-14,19H,3-4,9-12H2,1-2H3. The molecule has 2 aromatic rings. The van der Waals surface area contributed by atoms with Gasteiger partial charge in [0.15, 0.2) is 0 Å². The van der Waals surface area contributed by atoms with Crippen LogP contribution in [0.3, 0.4) is 0 Å². The zero-order chi connectivity index (χ0) is 14.7. The average molecular weight is 283 g/mol. The van der Waals surface area contributed by atoms with Gasteiger partial charge in [-0.2, -0.15) is 0 Å². The SMILES string of the molecule is CCCc1ccc(-n2cncc2C2(C)CCNCC2)cc1. The van der Waals surface area contributed by atoms with Gasteiger partial charge in [0.1, 0.15) is 0 Å². The topological polar surface area (TPSA) is 29.9 Å². The van der Waals surface area contributed by atoms with Crippen LogP contribution in [0.25, 0.3) is 5.69 Å². The van der Waals surface area contributed by atoms with Gasteiger partial charge in [-0.1, -0.05) is 32.4 Å². The van der Waals surface area contributed by atoms with E-state index in [1.807, 2.05) is 12.5 Å². The van der Waals surface area contributed by atoms with Crippen molar-refractivity contribution < 1.29 is 0 Å². The molecule has 1 fully saturated rings. The van der Waals surface area contributed by atoms with Crippen molar-refractivity contribution in [3.05, 3.63) is 48.0 Å². The number of nitrogens with zero attached hydrogens (tertiary/aromatic N) is 2. The molecule has 0 aliphatic carbocycles. The number of aryl methyl sites for hydroxylation is 1. The number of hydrogen-bond acceptors (Lipinski definition) is 2. The second kappa shape index (κ2) is 6.02. The molecule has 0 saturated carbocycles. The summed E-state index contributed by atoms with van der Waals surface area (Å²) in [5.41, 5.74) is 4.20. The van der Waals surface area contributed by atoms with E-state index in [4.69, 9.17) is 0 Å². The van der Waals surface area contributed by atoms with Gasteiger partial charge in [0.05, 0.1) is 6.33 Å². The van der Waals surface area contributed by atoms with E-state index in [1.54, 1.807) is 0 Å². The highest BCUT2D eigenvalue weighted by atomic mass is 15.1. The van der Waals surface area contributed by atoms with Gasteiger partial charge in [0.2, 0.25) is 0 Å². The molecule has 112 valence electrons. The molecule has 3 heteroatoms. The van der Waals surface area contributed by atoms with E-state index in [1.165, 1.54) is 36.2 Å². The van der Waals surface area contributed by atoms with E-state index in [2.05, 4.69) is 53.0 Å². The van der Waals surface area contributed by atoms with Crippen LogP contribution < -0.4 is 5.32 Å². The first-order valence-corrected chi connectivity index (χ1v) is 8.06. The summed E-state index contributed by atoms with van der Waals surface area (Å²) in [5, 5.41) is 3.45. The lowest BCUT2D eigenvalue weighted by Crippen LogP contribution is -2.38. The molecule has 0 radical (unpaired) electrons. The maximum atomic E-state index is 4.42. The number of imidazole rings is 1. The predicted molar refractivity (Wildman–Crippen MR) is 87.0 cm³/mol. The molecular formula is C18H25N3. The normalized spacial score (nSPS) is 17.8. The van der Waals surface area contributed by atoms with E-state index in [-0.39, 0.29) is 5.41 Å². The van der Waals surface area contributed by atoms with Crippen LogP contribution in [0, 0.1) is 0 Å². The first-order chi connectivity index (χ1) is 10.2. The smallest absolute Gasteiger partial charge is 0.0994 e. The molecule has 1 saturated heterocycles. The molecule has 1 aliphatic rings. The largest absolute Gasteiger partial charge is 0.317 e. The molecule has 3 nitrogen and oxygen atoms in total. The zero-order valence-electron chi connectivity index (χ0n) is 13.1. The predicted octanol–water partition coefficient (Wildman–Crippen LogP) is 3.47. The van der Waals surface area contributed by atoms with Crippen LogP contribution >= 0.6 is 0 Å². The van der Waals surface area contributed by atoms with Crippen molar-refractivity contribution in [2.45, 2.75) is 44.9 Å². The van der Waals surface area contributed by atoms with E-state index in [0.717, 1.165) is 19.5 Å². The van der Waals surface area contributed by atoms with E-state index >= 15 is 0 Å². The van der Waals surface area contributed by atoms with Gasteiger partial charge in [-0.05, 0) is 50.0 Å². The van der Waals surface area contributed by atoms with Crippen molar-refractivity contribution in [3.63, 3.8) is 0 Å². The van der Waals surface area contributed by atoms with Gasteiger partial charge in [-0.15, -0.1) is 0 Å². The maximum Gasteiger partial charge on any atom is 0.0994 e. The van der Waals surface area contributed by atoms with Crippen molar-refractivity contribution in [2.75, 3.05) is 13.1 Å². The summed E-state index contributed by atoms with van der Waals surface area (Å²) in [4.78, 5) is 4.42. The fourth-order valence-electron chi connectivity index (χ4n) is 3.29. The third-order valence-electron chi connectivity index (χ3n) is 4.72. The van der Waals surface area contributed by atoms with Crippen LogP contribution in [0.4, 0.5) is 0 Å². The Balaban J connectivity index is 1.91. The summed E-state index contributed by atoms with van der Waals surface area (Å²) < 4.78 is 2.26. The van der Waals surface area contributed by atoms with Crippen molar-refractivity contribution in [1.82, 2.24) is 14.9 Å². The van der Waals surface area contributed by atoms with Crippen LogP contribution in [-0.2, 0) is 11.8 Å². The lowest BCUT2D eigenvalue weighted by molar-refractivity contribution is 0.324. The fraction of sp³-hybridized carbons (Fsp3) is 0.500. The van der Waals surface area contributed by atoms with Gasteiger partial charge in [0, 0.05) is 23.0 Å². The molecule has 1 aromatic heterocycles. The van der Waals surface area contributed by atoms with Gasteiger partial charge in [0.25, 0.3) is 0 Å². The maximum absolute atomic E-state index is 4.42. The average Bonchev–Trinajstić information content (AvgIpc) is 2.99. The Morgan fingerprint density at radius 2 is 1.90 bits per heavy atom. The molecule has 21 heavy (non-hydrogen) atoms. The Labute approximate surface area is 127 Å². The van der Waals surface area contributed by atoms with Crippen molar-refractivity contribution in [2.24, 2.45) is 0 Å². The van der Waals surface area contributed by atoms with Gasteiger partial charge in [-0.25, -0.2) is 4.98 Å². The molecule has 0 bridgehead atoms. The Kier molecular flexibility index (Phi) is 4.11. The first kappa shape index (κ1) is 14.3. The highest BCUT2D eigenvalue weighted by Gasteiger charge is 2.31. The minimum Gasteiger partial charge on any atom is -0.317 e. The van der Waals surface area contributed by atoms with E-state index < -0.39 is 0 Å². The molecule has 0 amide bonds. The van der Waals surface area contributed by atoms with Crippen molar-refractivity contribution in [3.8, 4) is 5.69 Å². The lowest BCUT2D eigenvalue weighted by atomic mass is 9.78. The Morgan fingerprint density at radius 3 is 2.57 bits per heavy atom. The van der Waals surface area contributed by atoms with Crippen LogP contribution in [0.2, 0.25) is 0 Å². The fourth-order valence-corrected chi connectivity index (χ4v) is 3.29. The minimum absolute atomic E-state index is 0.226. The molecule has 0 unspecified atom stereocenters. The van der Waals surface area contributed by atoms with Crippen LogP contribution in [0.5, 0.6) is 0 Å². The molecule has 2 heterocycles. The highest BCUT2D eigenvalue weighted by molar-refractivity contribution is 5.38. The summed E-state index contributed by atoms with van der Waals surface area (Å²) in [5.74, 6) is 0. The summed E-state index contributed by atoms with van der Waals surface area (Å²) >= 11 is 0. The van der Waals surface area contributed by atoms with Crippen LogP contribution in [-0.4, -0.2) is 22.6 Å². The quantitative estimate of drug-likeness (QED) is 0.931. The van der Waals surface area contributed by atoms with Gasteiger partial charge in [-0.3, -0.25) is 0 Å². The summed E-state index contributed by atoms with van der Waals surface area (Å²) in [6, 6.07) is 8.93. The third-order valence-corrected chi connectivity index (χ3v) is 4.72. The van der Waals surface area contributed by atoms with Gasteiger partial charge < -0.3 is 9.88 Å². The van der Waals surface area contributed by atoms with Crippen molar-refractivity contribution in [1.29, 1.82) is 0 Å². The monoisotopic (exact) mass is 283 g/mol. The third kappa shape index (κ3) is 2.88. The number of piperidine rings is 1. The zero-order valence-corrected chi connectivity index (χ0v) is 13.1. The number of benzene rings is 1. The molecular weight excluding hydrogens is 258 g/mol. The Hall–Kier alpha value is -1.61.